The molecule has 1 saturated heterocycles. The van der Waals surface area contributed by atoms with Crippen molar-refractivity contribution in [3.63, 3.8) is 0 Å². The third kappa shape index (κ3) is 3.11. The van der Waals surface area contributed by atoms with Crippen LogP contribution in [0.1, 0.15) is 21.5 Å². The molecule has 0 atom stereocenters. The van der Waals surface area contributed by atoms with E-state index in [0.29, 0.717) is 10.5 Å². The summed E-state index contributed by atoms with van der Waals surface area (Å²) >= 11 is 6.38. The third-order valence-corrected chi connectivity index (χ3v) is 4.79. The maximum Gasteiger partial charge on any atom is 0.273 e. The maximum absolute atomic E-state index is 12.6. The highest BCUT2D eigenvalue weighted by Gasteiger charge is 2.37. The molecule has 1 heterocycles. The Morgan fingerprint density at radius 1 is 1.09 bits per heavy atom. The Bertz CT molecular complexity index is 828. The smallest absolute Gasteiger partial charge is 0.268 e. The fourth-order valence-electron chi connectivity index (χ4n) is 2.24. The van der Waals surface area contributed by atoms with Gasteiger partial charge < -0.3 is 0 Å². The van der Waals surface area contributed by atoms with Crippen LogP contribution in [-0.4, -0.2) is 21.0 Å². The summed E-state index contributed by atoms with van der Waals surface area (Å²) in [7, 11) is 0. The second-order valence-corrected chi connectivity index (χ2v) is 6.72. The van der Waals surface area contributed by atoms with Crippen molar-refractivity contribution in [1.82, 2.24) is 4.90 Å². The quantitative estimate of drug-likeness (QED) is 0.470. The molecule has 114 valence electrons. The van der Waals surface area contributed by atoms with Gasteiger partial charge in [0.25, 0.3) is 11.8 Å². The Morgan fingerprint density at radius 2 is 1.74 bits per heavy atom. The third-order valence-electron chi connectivity index (χ3n) is 3.49. The second kappa shape index (κ2) is 6.48. The van der Waals surface area contributed by atoms with Crippen molar-refractivity contribution in [1.29, 1.82) is 0 Å². The summed E-state index contributed by atoms with van der Waals surface area (Å²) in [4.78, 5) is 26.6. The molecule has 5 heteroatoms. The van der Waals surface area contributed by atoms with Crippen molar-refractivity contribution in [3.8, 4) is 0 Å². The van der Waals surface area contributed by atoms with E-state index >= 15 is 0 Å². The molecule has 3 nitrogen and oxygen atoms in total. The normalized spacial score (nSPS) is 16.2. The molecule has 1 aliphatic heterocycles. The number of rotatable bonds is 2. The van der Waals surface area contributed by atoms with Crippen LogP contribution in [0.15, 0.2) is 59.5 Å². The largest absolute Gasteiger partial charge is 0.273 e. The van der Waals surface area contributed by atoms with Crippen molar-refractivity contribution >= 4 is 46.2 Å². The van der Waals surface area contributed by atoms with E-state index in [2.05, 4.69) is 0 Å². The van der Waals surface area contributed by atoms with E-state index in [4.69, 9.17) is 12.2 Å². The van der Waals surface area contributed by atoms with Crippen LogP contribution in [0, 0.1) is 6.92 Å². The molecular formula is C18H13NO2S2. The number of carbonyl (C=O) groups excluding carboxylic acids is 2. The first-order valence-corrected chi connectivity index (χ1v) is 8.23. The Kier molecular flexibility index (Phi) is 4.41. The molecule has 3 rings (SSSR count). The minimum absolute atomic E-state index is 0.267. The first kappa shape index (κ1) is 15.6. The van der Waals surface area contributed by atoms with Gasteiger partial charge in [-0.15, -0.1) is 0 Å². The van der Waals surface area contributed by atoms with E-state index in [1.807, 2.05) is 37.3 Å². The van der Waals surface area contributed by atoms with E-state index in [0.717, 1.165) is 27.8 Å². The molecule has 0 saturated carbocycles. The van der Waals surface area contributed by atoms with Crippen molar-refractivity contribution < 1.29 is 9.59 Å². The summed E-state index contributed by atoms with van der Waals surface area (Å²) in [5.74, 6) is -0.751. The number of carbonyl (C=O) groups is 2. The summed E-state index contributed by atoms with van der Waals surface area (Å²) in [5, 5.41) is 0. The number of amides is 2. The molecule has 1 aliphatic rings. The summed E-state index contributed by atoms with van der Waals surface area (Å²) < 4.78 is 0.267. The van der Waals surface area contributed by atoms with Crippen LogP contribution in [0.5, 0.6) is 0 Å². The van der Waals surface area contributed by atoms with Gasteiger partial charge in [0, 0.05) is 5.56 Å². The minimum atomic E-state index is -0.388. The van der Waals surface area contributed by atoms with E-state index in [1.165, 1.54) is 0 Å². The lowest BCUT2D eigenvalue weighted by Crippen LogP contribution is -2.34. The lowest BCUT2D eigenvalue weighted by atomic mass is 10.1. The highest BCUT2D eigenvalue weighted by atomic mass is 32.2. The van der Waals surface area contributed by atoms with E-state index in [9.17, 15) is 9.59 Å². The van der Waals surface area contributed by atoms with Gasteiger partial charge in [-0.25, -0.2) is 4.90 Å². The Morgan fingerprint density at radius 3 is 2.43 bits per heavy atom. The monoisotopic (exact) mass is 339 g/mol. The molecule has 0 bridgehead atoms. The van der Waals surface area contributed by atoms with E-state index in [-0.39, 0.29) is 16.1 Å². The predicted octanol–water partition coefficient (Wildman–Crippen LogP) is 4.04. The first-order chi connectivity index (χ1) is 11.1. The van der Waals surface area contributed by atoms with Crippen LogP contribution in [0.2, 0.25) is 0 Å². The second-order valence-electron chi connectivity index (χ2n) is 5.04. The number of hydrogen-bond donors (Lipinski definition) is 0. The first-order valence-electron chi connectivity index (χ1n) is 7.01. The zero-order chi connectivity index (χ0) is 16.4. The summed E-state index contributed by atoms with van der Waals surface area (Å²) in [5.41, 5.74) is 2.45. The number of hydrogen-bond acceptors (Lipinski definition) is 4. The van der Waals surface area contributed by atoms with Gasteiger partial charge >= 0.3 is 0 Å². The summed E-state index contributed by atoms with van der Waals surface area (Å²) in [6, 6.07) is 16.4. The van der Waals surface area contributed by atoms with Crippen molar-refractivity contribution in [2.75, 3.05) is 0 Å². The van der Waals surface area contributed by atoms with Gasteiger partial charge in [0.05, 0.1) is 4.91 Å². The number of nitrogens with zero attached hydrogens (tertiary/aromatic N) is 1. The van der Waals surface area contributed by atoms with Crippen LogP contribution < -0.4 is 0 Å². The number of aryl methyl sites for hydroxylation is 1. The van der Waals surface area contributed by atoms with Crippen LogP contribution in [0.25, 0.3) is 6.08 Å². The number of thiocarbonyl (C=S) groups is 1. The van der Waals surface area contributed by atoms with Crippen LogP contribution in [0.3, 0.4) is 0 Å². The van der Waals surface area contributed by atoms with Gasteiger partial charge in [-0.05, 0) is 36.3 Å². The minimum Gasteiger partial charge on any atom is -0.268 e. The van der Waals surface area contributed by atoms with Gasteiger partial charge in [0.2, 0.25) is 0 Å². The highest BCUT2D eigenvalue weighted by Crippen LogP contribution is 2.33. The van der Waals surface area contributed by atoms with Gasteiger partial charge in [-0.2, -0.15) is 0 Å². The van der Waals surface area contributed by atoms with Gasteiger partial charge in [-0.3, -0.25) is 9.59 Å². The molecule has 0 spiro atoms. The van der Waals surface area contributed by atoms with Crippen molar-refractivity contribution in [2.45, 2.75) is 6.92 Å². The lowest BCUT2D eigenvalue weighted by molar-refractivity contribution is -0.120. The van der Waals surface area contributed by atoms with Gasteiger partial charge in [0.1, 0.15) is 0 Å². The number of imide groups is 1. The van der Waals surface area contributed by atoms with E-state index < -0.39 is 0 Å². The maximum atomic E-state index is 12.6. The van der Waals surface area contributed by atoms with E-state index in [1.54, 1.807) is 30.3 Å². The summed E-state index contributed by atoms with van der Waals surface area (Å²) in [6.07, 6.45) is 1.78. The predicted molar refractivity (Wildman–Crippen MR) is 97.0 cm³/mol. The molecule has 0 aliphatic carbocycles. The molecular weight excluding hydrogens is 326 g/mol. The van der Waals surface area contributed by atoms with Crippen LogP contribution >= 0.6 is 24.0 Å². The zero-order valence-corrected chi connectivity index (χ0v) is 14.0. The fraction of sp³-hybridized carbons (Fsp3) is 0.0556. The van der Waals surface area contributed by atoms with Crippen LogP contribution in [0.4, 0.5) is 0 Å². The average Bonchev–Trinajstić information content (AvgIpc) is 2.84. The summed E-state index contributed by atoms with van der Waals surface area (Å²) in [6.45, 7) is 1.97. The Hall–Kier alpha value is -2.24. The standard InChI is InChI=1S/C18H13NO2S2/c1-12-7-5-6-10-14(12)11-15-17(21)19(18(22)23-15)16(20)13-8-3-2-4-9-13/h2-11H,1H3/b15-11+. The average molecular weight is 339 g/mol. The SMILES string of the molecule is Cc1ccccc1/C=C1/SC(=S)N(C(=O)c2ccccc2)C1=O. The number of benzene rings is 2. The molecule has 0 N–H and O–H groups in total. The molecule has 1 fully saturated rings. The highest BCUT2D eigenvalue weighted by molar-refractivity contribution is 8.26. The van der Waals surface area contributed by atoms with Crippen molar-refractivity contribution in [2.24, 2.45) is 0 Å². The Labute approximate surface area is 144 Å². The molecule has 2 aromatic rings. The molecule has 0 radical (unpaired) electrons. The molecule has 0 aromatic heterocycles. The molecule has 2 aromatic carbocycles. The van der Waals surface area contributed by atoms with Gasteiger partial charge in [0.15, 0.2) is 4.32 Å². The van der Waals surface area contributed by atoms with Gasteiger partial charge in [-0.1, -0.05) is 66.4 Å². The fourth-order valence-corrected chi connectivity index (χ4v) is 3.49. The molecule has 2 amide bonds. The lowest BCUT2D eigenvalue weighted by Gasteiger charge is -2.12. The molecule has 23 heavy (non-hydrogen) atoms. The Balaban J connectivity index is 1.92. The van der Waals surface area contributed by atoms with Crippen LogP contribution in [-0.2, 0) is 4.79 Å². The number of thioether (sulfide) groups is 1. The molecule has 0 unspecified atom stereocenters. The zero-order valence-electron chi connectivity index (χ0n) is 12.4. The van der Waals surface area contributed by atoms with Crippen molar-refractivity contribution in [3.05, 3.63) is 76.2 Å². The topological polar surface area (TPSA) is 37.4 Å².